The summed E-state index contributed by atoms with van der Waals surface area (Å²) >= 11 is 0. The van der Waals surface area contributed by atoms with Gasteiger partial charge >= 0.3 is 0 Å². The van der Waals surface area contributed by atoms with Crippen molar-refractivity contribution in [2.24, 2.45) is 0 Å². The fourth-order valence-electron chi connectivity index (χ4n) is 1.81. The number of rotatable bonds is 5. The lowest BCUT2D eigenvalue weighted by Crippen LogP contribution is -2.11. The summed E-state index contributed by atoms with van der Waals surface area (Å²) in [6.07, 6.45) is 0. The van der Waals surface area contributed by atoms with Crippen LogP contribution in [-0.4, -0.2) is 13.2 Å². The SMILES string of the molecule is CCNCc1ccc(OCC#Cc2ccccc2)c(F)c1. The van der Waals surface area contributed by atoms with Crippen molar-refractivity contribution >= 4 is 0 Å². The Balaban J connectivity index is 1.90. The first-order chi connectivity index (χ1) is 10.3. The Morgan fingerprint density at radius 3 is 2.67 bits per heavy atom. The predicted octanol–water partition coefficient (Wildman–Crippen LogP) is 3.37. The minimum atomic E-state index is -0.355. The monoisotopic (exact) mass is 283 g/mol. The average Bonchev–Trinajstić information content (AvgIpc) is 2.52. The number of hydrogen-bond acceptors (Lipinski definition) is 2. The highest BCUT2D eigenvalue weighted by molar-refractivity contribution is 5.34. The van der Waals surface area contributed by atoms with Gasteiger partial charge in [-0.05, 0) is 36.4 Å². The van der Waals surface area contributed by atoms with Crippen LogP contribution in [0, 0.1) is 17.7 Å². The minimum absolute atomic E-state index is 0.165. The zero-order valence-corrected chi connectivity index (χ0v) is 12.0. The van der Waals surface area contributed by atoms with Crippen LogP contribution in [0.5, 0.6) is 5.75 Å². The number of halogens is 1. The van der Waals surface area contributed by atoms with E-state index in [-0.39, 0.29) is 18.2 Å². The zero-order valence-electron chi connectivity index (χ0n) is 12.0. The van der Waals surface area contributed by atoms with Crippen LogP contribution in [0.3, 0.4) is 0 Å². The van der Waals surface area contributed by atoms with E-state index in [2.05, 4.69) is 17.2 Å². The second kappa shape index (κ2) is 8.08. The quantitative estimate of drug-likeness (QED) is 0.850. The van der Waals surface area contributed by atoms with Gasteiger partial charge in [0.2, 0.25) is 0 Å². The molecule has 2 aromatic rings. The summed E-state index contributed by atoms with van der Waals surface area (Å²) in [6.45, 7) is 3.69. The third-order valence-electron chi connectivity index (χ3n) is 2.88. The van der Waals surface area contributed by atoms with Crippen molar-refractivity contribution in [3.05, 3.63) is 65.5 Å². The van der Waals surface area contributed by atoms with Crippen molar-refractivity contribution in [1.29, 1.82) is 0 Å². The summed E-state index contributed by atoms with van der Waals surface area (Å²) in [4.78, 5) is 0. The lowest BCUT2D eigenvalue weighted by molar-refractivity contribution is 0.347. The largest absolute Gasteiger partial charge is 0.478 e. The predicted molar refractivity (Wildman–Crippen MR) is 82.6 cm³/mol. The molecule has 0 spiro atoms. The fraction of sp³-hybridized carbons (Fsp3) is 0.222. The maximum Gasteiger partial charge on any atom is 0.165 e. The number of benzene rings is 2. The van der Waals surface area contributed by atoms with Crippen LogP contribution in [0.25, 0.3) is 0 Å². The van der Waals surface area contributed by atoms with E-state index in [0.29, 0.717) is 6.54 Å². The molecule has 0 unspecified atom stereocenters. The molecular weight excluding hydrogens is 265 g/mol. The molecule has 0 aromatic heterocycles. The van der Waals surface area contributed by atoms with E-state index in [0.717, 1.165) is 17.7 Å². The lowest BCUT2D eigenvalue weighted by atomic mass is 10.2. The molecule has 2 nitrogen and oxygen atoms in total. The van der Waals surface area contributed by atoms with E-state index in [4.69, 9.17) is 4.74 Å². The second-order valence-corrected chi connectivity index (χ2v) is 4.50. The van der Waals surface area contributed by atoms with Crippen LogP contribution in [0.2, 0.25) is 0 Å². The van der Waals surface area contributed by atoms with Crippen LogP contribution < -0.4 is 10.1 Å². The van der Waals surface area contributed by atoms with E-state index in [1.54, 1.807) is 6.07 Å². The van der Waals surface area contributed by atoms with Gasteiger partial charge in [-0.25, -0.2) is 4.39 Å². The Labute approximate surface area is 125 Å². The standard InChI is InChI=1S/C18H18FNO/c1-2-20-14-16-10-11-18(17(19)13-16)21-12-6-9-15-7-4-3-5-8-15/h3-5,7-8,10-11,13,20H,2,12,14H2,1H3. The summed E-state index contributed by atoms with van der Waals surface area (Å²) in [5, 5.41) is 3.15. The Morgan fingerprint density at radius 2 is 1.95 bits per heavy atom. The van der Waals surface area contributed by atoms with Gasteiger partial charge in [0.15, 0.2) is 11.6 Å². The molecule has 0 aliphatic heterocycles. The van der Waals surface area contributed by atoms with Crippen LogP contribution in [-0.2, 0) is 6.54 Å². The summed E-state index contributed by atoms with van der Waals surface area (Å²) in [6, 6.07) is 14.6. The lowest BCUT2D eigenvalue weighted by Gasteiger charge is -2.06. The van der Waals surface area contributed by atoms with E-state index in [9.17, 15) is 4.39 Å². The Bertz CT molecular complexity index is 629. The summed E-state index contributed by atoms with van der Waals surface area (Å²) in [5.74, 6) is 5.72. The molecule has 0 bridgehead atoms. The molecule has 0 saturated carbocycles. The van der Waals surface area contributed by atoms with Crippen molar-refractivity contribution in [2.45, 2.75) is 13.5 Å². The second-order valence-electron chi connectivity index (χ2n) is 4.50. The Morgan fingerprint density at radius 1 is 1.14 bits per heavy atom. The van der Waals surface area contributed by atoms with Gasteiger partial charge in [-0.1, -0.05) is 43.0 Å². The van der Waals surface area contributed by atoms with E-state index < -0.39 is 0 Å². The molecule has 3 heteroatoms. The highest BCUT2D eigenvalue weighted by Gasteiger charge is 2.03. The zero-order chi connectivity index (χ0) is 14.9. The molecule has 2 aromatic carbocycles. The molecule has 0 aliphatic carbocycles. The molecule has 0 fully saturated rings. The molecule has 108 valence electrons. The van der Waals surface area contributed by atoms with Gasteiger partial charge in [-0.3, -0.25) is 0 Å². The molecule has 1 N–H and O–H groups in total. The average molecular weight is 283 g/mol. The fourth-order valence-corrected chi connectivity index (χ4v) is 1.81. The first-order valence-corrected chi connectivity index (χ1v) is 6.95. The van der Waals surface area contributed by atoms with Crippen LogP contribution in [0.1, 0.15) is 18.1 Å². The molecule has 0 saturated heterocycles. The molecule has 21 heavy (non-hydrogen) atoms. The van der Waals surface area contributed by atoms with Crippen molar-refractivity contribution < 1.29 is 9.13 Å². The molecule has 0 aliphatic rings. The smallest absolute Gasteiger partial charge is 0.165 e. The van der Waals surface area contributed by atoms with E-state index in [1.165, 1.54) is 6.07 Å². The Kier molecular flexibility index (Phi) is 5.81. The maximum absolute atomic E-state index is 13.8. The third kappa shape index (κ3) is 4.94. The van der Waals surface area contributed by atoms with Crippen molar-refractivity contribution in [3.8, 4) is 17.6 Å². The molecular formula is C18H18FNO. The molecule has 0 atom stereocenters. The third-order valence-corrected chi connectivity index (χ3v) is 2.88. The molecule has 0 radical (unpaired) electrons. The van der Waals surface area contributed by atoms with E-state index in [1.807, 2.05) is 43.3 Å². The highest BCUT2D eigenvalue weighted by Crippen LogP contribution is 2.18. The summed E-state index contributed by atoms with van der Waals surface area (Å²) in [5.41, 5.74) is 1.82. The van der Waals surface area contributed by atoms with Crippen LogP contribution >= 0.6 is 0 Å². The highest BCUT2D eigenvalue weighted by atomic mass is 19.1. The molecule has 0 amide bonds. The first kappa shape index (κ1) is 15.1. The number of hydrogen-bond donors (Lipinski definition) is 1. The summed E-state index contributed by atoms with van der Waals surface area (Å²) < 4.78 is 19.2. The first-order valence-electron chi connectivity index (χ1n) is 6.95. The Hall–Kier alpha value is -2.31. The van der Waals surface area contributed by atoms with Crippen molar-refractivity contribution in [1.82, 2.24) is 5.32 Å². The van der Waals surface area contributed by atoms with Gasteiger partial charge in [0, 0.05) is 12.1 Å². The topological polar surface area (TPSA) is 21.3 Å². The van der Waals surface area contributed by atoms with E-state index >= 15 is 0 Å². The molecule has 2 rings (SSSR count). The van der Waals surface area contributed by atoms with Gasteiger partial charge in [0.25, 0.3) is 0 Å². The van der Waals surface area contributed by atoms with Gasteiger partial charge in [0.05, 0.1) is 0 Å². The minimum Gasteiger partial charge on any atom is -0.478 e. The normalized spacial score (nSPS) is 9.81. The maximum atomic E-state index is 13.8. The van der Waals surface area contributed by atoms with Gasteiger partial charge < -0.3 is 10.1 Å². The van der Waals surface area contributed by atoms with Crippen molar-refractivity contribution in [3.63, 3.8) is 0 Å². The van der Waals surface area contributed by atoms with Gasteiger partial charge in [0.1, 0.15) is 6.61 Å². The summed E-state index contributed by atoms with van der Waals surface area (Å²) in [7, 11) is 0. The number of ether oxygens (including phenoxy) is 1. The van der Waals surface area contributed by atoms with Crippen LogP contribution in [0.4, 0.5) is 4.39 Å². The van der Waals surface area contributed by atoms with Crippen molar-refractivity contribution in [2.75, 3.05) is 13.2 Å². The van der Waals surface area contributed by atoms with Gasteiger partial charge in [-0.2, -0.15) is 0 Å². The van der Waals surface area contributed by atoms with Crippen LogP contribution in [0.15, 0.2) is 48.5 Å². The molecule has 0 heterocycles. The van der Waals surface area contributed by atoms with Gasteiger partial charge in [-0.15, -0.1) is 0 Å². The number of nitrogens with one attached hydrogen (secondary N) is 1.